The molecule has 0 heterocycles. The zero-order valence-electron chi connectivity index (χ0n) is 17.8. The van der Waals surface area contributed by atoms with Crippen molar-refractivity contribution in [1.82, 2.24) is 10.2 Å². The molecule has 0 fully saturated rings. The lowest BCUT2D eigenvalue weighted by Crippen LogP contribution is -2.50. The molecule has 0 saturated heterocycles. The highest BCUT2D eigenvalue weighted by Gasteiger charge is 2.30. The number of methoxy groups -OCH3 is 1. The number of sulfonamides is 1. The van der Waals surface area contributed by atoms with Gasteiger partial charge in [-0.3, -0.25) is 13.9 Å². The molecule has 8 nitrogen and oxygen atoms in total. The second-order valence-electron chi connectivity index (χ2n) is 6.87. The van der Waals surface area contributed by atoms with Gasteiger partial charge in [-0.05, 0) is 42.8 Å². The van der Waals surface area contributed by atoms with E-state index in [1.807, 2.05) is 0 Å². The van der Waals surface area contributed by atoms with Gasteiger partial charge in [-0.25, -0.2) is 8.42 Å². The topological polar surface area (TPSA) is 96.0 Å². The smallest absolute Gasteiger partial charge is 0.244 e. The summed E-state index contributed by atoms with van der Waals surface area (Å²) in [5.41, 5.74) is 0.950. The van der Waals surface area contributed by atoms with Crippen LogP contribution in [0, 0.1) is 0 Å². The SMILES string of the molecule is CNC(=O)[C@H](C)N(Cc1ccccc1Cl)C(=O)CN(c1ccc(OC)cc1)S(C)(=O)=O. The number of carbonyl (C=O) groups is 2. The predicted molar refractivity (Wildman–Crippen MR) is 121 cm³/mol. The van der Waals surface area contributed by atoms with Gasteiger partial charge in [-0.2, -0.15) is 0 Å². The molecule has 0 radical (unpaired) electrons. The van der Waals surface area contributed by atoms with Crippen molar-refractivity contribution in [3.63, 3.8) is 0 Å². The van der Waals surface area contributed by atoms with E-state index in [0.717, 1.165) is 10.6 Å². The standard InChI is InChI=1S/C21H26ClN3O5S/c1-15(21(27)23-2)24(13-16-7-5-6-8-19(16)22)20(26)14-25(31(4,28)29)17-9-11-18(30-3)12-10-17/h5-12,15H,13-14H2,1-4H3,(H,23,27)/t15-/m0/s1. The van der Waals surface area contributed by atoms with Crippen LogP contribution in [-0.4, -0.2) is 58.1 Å². The number of hydrogen-bond donors (Lipinski definition) is 1. The van der Waals surface area contributed by atoms with E-state index in [1.54, 1.807) is 55.5 Å². The fraction of sp³-hybridized carbons (Fsp3) is 0.333. The first-order valence-corrected chi connectivity index (χ1v) is 11.7. The van der Waals surface area contributed by atoms with Crippen LogP contribution in [0.3, 0.4) is 0 Å². The van der Waals surface area contributed by atoms with Crippen LogP contribution >= 0.6 is 11.6 Å². The highest BCUT2D eigenvalue weighted by Crippen LogP contribution is 2.23. The lowest BCUT2D eigenvalue weighted by atomic mass is 10.1. The molecule has 2 rings (SSSR count). The molecular formula is C21H26ClN3O5S. The Bertz CT molecular complexity index is 1030. The van der Waals surface area contributed by atoms with Crippen LogP contribution in [0.15, 0.2) is 48.5 Å². The maximum Gasteiger partial charge on any atom is 0.244 e. The van der Waals surface area contributed by atoms with Gasteiger partial charge >= 0.3 is 0 Å². The van der Waals surface area contributed by atoms with Crippen LogP contribution in [0.2, 0.25) is 5.02 Å². The van der Waals surface area contributed by atoms with Crippen molar-refractivity contribution in [2.75, 3.05) is 31.3 Å². The molecule has 0 bridgehead atoms. The number of amides is 2. The van der Waals surface area contributed by atoms with E-state index in [2.05, 4.69) is 5.32 Å². The Balaban J connectivity index is 2.38. The molecule has 0 saturated carbocycles. The number of benzene rings is 2. The minimum Gasteiger partial charge on any atom is -0.497 e. The Morgan fingerprint density at radius 1 is 1.13 bits per heavy atom. The third-order valence-electron chi connectivity index (χ3n) is 4.75. The molecule has 31 heavy (non-hydrogen) atoms. The van der Waals surface area contributed by atoms with Crippen molar-refractivity contribution in [1.29, 1.82) is 0 Å². The minimum absolute atomic E-state index is 0.0489. The summed E-state index contributed by atoms with van der Waals surface area (Å²) in [6, 6.07) is 12.4. The van der Waals surface area contributed by atoms with Crippen LogP contribution in [0.25, 0.3) is 0 Å². The van der Waals surface area contributed by atoms with E-state index in [0.29, 0.717) is 22.0 Å². The van der Waals surface area contributed by atoms with Crippen molar-refractivity contribution in [2.45, 2.75) is 19.5 Å². The van der Waals surface area contributed by atoms with Crippen LogP contribution in [-0.2, 0) is 26.2 Å². The lowest BCUT2D eigenvalue weighted by Gasteiger charge is -2.31. The van der Waals surface area contributed by atoms with Crippen LogP contribution in [0.5, 0.6) is 5.75 Å². The molecule has 1 atom stereocenters. The third-order valence-corrected chi connectivity index (χ3v) is 6.26. The molecule has 168 valence electrons. The van der Waals surface area contributed by atoms with Gasteiger partial charge in [-0.15, -0.1) is 0 Å². The Morgan fingerprint density at radius 2 is 1.74 bits per heavy atom. The third kappa shape index (κ3) is 6.35. The highest BCUT2D eigenvalue weighted by molar-refractivity contribution is 7.92. The van der Waals surface area contributed by atoms with E-state index in [-0.39, 0.29) is 12.5 Å². The summed E-state index contributed by atoms with van der Waals surface area (Å²) >= 11 is 6.24. The van der Waals surface area contributed by atoms with Crippen LogP contribution < -0.4 is 14.4 Å². The summed E-state index contributed by atoms with van der Waals surface area (Å²) in [5.74, 6) is -0.370. The van der Waals surface area contributed by atoms with Gasteiger partial charge in [0.2, 0.25) is 21.8 Å². The molecule has 2 amide bonds. The highest BCUT2D eigenvalue weighted by atomic mass is 35.5. The Morgan fingerprint density at radius 3 is 2.26 bits per heavy atom. The maximum atomic E-state index is 13.2. The van der Waals surface area contributed by atoms with E-state index in [1.165, 1.54) is 19.1 Å². The molecular weight excluding hydrogens is 442 g/mol. The summed E-state index contributed by atoms with van der Waals surface area (Å²) in [7, 11) is -0.811. The first kappa shape index (κ1) is 24.5. The Labute approximate surface area is 187 Å². The van der Waals surface area contributed by atoms with Gasteiger partial charge < -0.3 is 15.0 Å². The average molecular weight is 468 g/mol. The predicted octanol–water partition coefficient (Wildman–Crippen LogP) is 2.28. The number of halogens is 1. The normalized spacial score (nSPS) is 12.0. The van der Waals surface area contributed by atoms with E-state index in [4.69, 9.17) is 16.3 Å². The summed E-state index contributed by atoms with van der Waals surface area (Å²) in [6.45, 7) is 1.15. The fourth-order valence-corrected chi connectivity index (χ4v) is 4.01. The summed E-state index contributed by atoms with van der Waals surface area (Å²) in [4.78, 5) is 26.8. The van der Waals surface area contributed by atoms with Gasteiger partial charge in [0, 0.05) is 18.6 Å². The van der Waals surface area contributed by atoms with Crippen molar-refractivity contribution < 1.29 is 22.7 Å². The Hall–Kier alpha value is -2.78. The molecule has 0 aliphatic heterocycles. The van der Waals surface area contributed by atoms with E-state index in [9.17, 15) is 18.0 Å². The first-order chi connectivity index (χ1) is 14.6. The molecule has 10 heteroatoms. The molecule has 0 aliphatic rings. The molecule has 2 aromatic carbocycles. The molecule has 1 N–H and O–H groups in total. The summed E-state index contributed by atoms with van der Waals surface area (Å²) < 4.78 is 31.0. The second kappa shape index (κ2) is 10.5. The quantitative estimate of drug-likeness (QED) is 0.610. The Kier molecular flexibility index (Phi) is 8.29. The number of ether oxygens (including phenoxy) is 1. The average Bonchev–Trinajstić information content (AvgIpc) is 2.75. The van der Waals surface area contributed by atoms with E-state index >= 15 is 0 Å². The van der Waals surface area contributed by atoms with Crippen LogP contribution in [0.1, 0.15) is 12.5 Å². The zero-order valence-corrected chi connectivity index (χ0v) is 19.4. The van der Waals surface area contributed by atoms with Gasteiger partial charge in [-0.1, -0.05) is 29.8 Å². The fourth-order valence-electron chi connectivity index (χ4n) is 2.96. The summed E-state index contributed by atoms with van der Waals surface area (Å²) in [5, 5.41) is 2.96. The van der Waals surface area contributed by atoms with Crippen molar-refractivity contribution in [3.05, 3.63) is 59.1 Å². The molecule has 0 spiro atoms. The second-order valence-corrected chi connectivity index (χ2v) is 9.18. The maximum absolute atomic E-state index is 13.2. The van der Waals surface area contributed by atoms with Gasteiger partial charge in [0.15, 0.2) is 0 Å². The van der Waals surface area contributed by atoms with Gasteiger partial charge in [0.05, 0.1) is 19.1 Å². The van der Waals surface area contributed by atoms with Gasteiger partial charge in [0.25, 0.3) is 0 Å². The molecule has 0 aromatic heterocycles. The van der Waals surface area contributed by atoms with Crippen LogP contribution in [0.4, 0.5) is 5.69 Å². The van der Waals surface area contributed by atoms with Crippen molar-refractivity contribution in [3.8, 4) is 5.75 Å². The van der Waals surface area contributed by atoms with E-state index < -0.39 is 28.5 Å². The monoisotopic (exact) mass is 467 g/mol. The number of nitrogens with one attached hydrogen (secondary N) is 1. The number of anilines is 1. The number of hydrogen-bond acceptors (Lipinski definition) is 5. The minimum atomic E-state index is -3.78. The first-order valence-electron chi connectivity index (χ1n) is 9.44. The lowest BCUT2D eigenvalue weighted by molar-refractivity contribution is -0.139. The summed E-state index contributed by atoms with van der Waals surface area (Å²) in [6.07, 6.45) is 1.02. The number of nitrogens with zero attached hydrogens (tertiary/aromatic N) is 2. The van der Waals surface area contributed by atoms with Gasteiger partial charge in [0.1, 0.15) is 18.3 Å². The molecule has 0 aliphatic carbocycles. The molecule has 2 aromatic rings. The number of likely N-dealkylation sites (N-methyl/N-ethyl adjacent to an activating group) is 1. The molecule has 0 unspecified atom stereocenters. The zero-order chi connectivity index (χ0) is 23.2. The number of carbonyl (C=O) groups excluding carboxylic acids is 2. The largest absolute Gasteiger partial charge is 0.497 e. The van der Waals surface area contributed by atoms with Crippen molar-refractivity contribution in [2.24, 2.45) is 0 Å². The van der Waals surface area contributed by atoms with Crippen molar-refractivity contribution >= 4 is 39.1 Å². The number of rotatable bonds is 9.